The number of carbonyl (C=O) groups is 2. The lowest BCUT2D eigenvalue weighted by Gasteiger charge is -2.14. The number of carbonyl (C=O) groups excluding carboxylic acids is 2. The highest BCUT2D eigenvalue weighted by molar-refractivity contribution is 6.05. The van der Waals surface area contributed by atoms with E-state index in [0.29, 0.717) is 35.8 Å². The first-order valence-electron chi connectivity index (χ1n) is 7.80. The van der Waals surface area contributed by atoms with E-state index in [2.05, 4.69) is 10.6 Å². The van der Waals surface area contributed by atoms with Gasteiger partial charge in [-0.1, -0.05) is 0 Å². The van der Waals surface area contributed by atoms with Crippen molar-refractivity contribution in [3.63, 3.8) is 0 Å². The lowest BCUT2D eigenvalue weighted by atomic mass is 10.1. The van der Waals surface area contributed by atoms with Crippen LogP contribution >= 0.6 is 0 Å². The minimum atomic E-state index is -0.257. The van der Waals surface area contributed by atoms with Gasteiger partial charge in [0.2, 0.25) is 0 Å². The minimum Gasteiger partial charge on any atom is -0.497 e. The number of hydrogen-bond acceptors (Lipinski definition) is 4. The molecule has 0 unspecified atom stereocenters. The molecule has 1 fully saturated rings. The van der Waals surface area contributed by atoms with Crippen LogP contribution < -0.4 is 25.0 Å². The molecule has 1 aliphatic rings. The smallest absolute Gasteiger partial charge is 0.321 e. The molecule has 2 N–H and O–H groups in total. The molecule has 0 radical (unpaired) electrons. The zero-order chi connectivity index (χ0) is 17.8. The molecule has 7 nitrogen and oxygen atoms in total. The van der Waals surface area contributed by atoms with E-state index in [1.54, 1.807) is 61.6 Å². The summed E-state index contributed by atoms with van der Waals surface area (Å²) in [6.45, 7) is 1.24. The van der Waals surface area contributed by atoms with Gasteiger partial charge in [-0.2, -0.15) is 0 Å². The SMILES string of the molecule is COc1cc(NC(=O)c2ccc(N3CCNC3=O)cc2)cc(OC)c1. The van der Waals surface area contributed by atoms with Gasteiger partial charge >= 0.3 is 6.03 Å². The van der Waals surface area contributed by atoms with Crippen LogP contribution in [0.4, 0.5) is 16.2 Å². The number of hydrogen-bond donors (Lipinski definition) is 2. The Morgan fingerprint density at radius 3 is 2.24 bits per heavy atom. The molecule has 1 aliphatic heterocycles. The highest BCUT2D eigenvalue weighted by Gasteiger charge is 2.21. The number of urea groups is 1. The largest absolute Gasteiger partial charge is 0.497 e. The zero-order valence-corrected chi connectivity index (χ0v) is 14.0. The van der Waals surface area contributed by atoms with Crippen LogP contribution in [0.25, 0.3) is 0 Å². The zero-order valence-electron chi connectivity index (χ0n) is 14.0. The molecule has 1 saturated heterocycles. The van der Waals surface area contributed by atoms with Gasteiger partial charge < -0.3 is 20.1 Å². The standard InChI is InChI=1S/C18H19N3O4/c1-24-15-9-13(10-16(11-15)25-2)20-17(22)12-3-5-14(6-4-12)21-8-7-19-18(21)23/h3-6,9-11H,7-8H2,1-2H3,(H,19,23)(H,20,22). The van der Waals surface area contributed by atoms with Gasteiger partial charge in [0.05, 0.1) is 14.2 Å². The summed E-state index contributed by atoms with van der Waals surface area (Å²) in [5.41, 5.74) is 1.82. The van der Waals surface area contributed by atoms with E-state index in [-0.39, 0.29) is 11.9 Å². The van der Waals surface area contributed by atoms with Crippen LogP contribution in [0.3, 0.4) is 0 Å². The maximum absolute atomic E-state index is 12.4. The van der Waals surface area contributed by atoms with Gasteiger partial charge in [0.15, 0.2) is 0 Å². The molecule has 3 amide bonds. The minimum absolute atomic E-state index is 0.124. The van der Waals surface area contributed by atoms with E-state index < -0.39 is 0 Å². The number of rotatable bonds is 5. The quantitative estimate of drug-likeness (QED) is 0.876. The number of nitrogens with one attached hydrogen (secondary N) is 2. The second kappa shape index (κ2) is 7.12. The molecular weight excluding hydrogens is 322 g/mol. The van der Waals surface area contributed by atoms with Crippen molar-refractivity contribution in [3.05, 3.63) is 48.0 Å². The van der Waals surface area contributed by atoms with Crippen LogP contribution in [-0.4, -0.2) is 39.2 Å². The van der Waals surface area contributed by atoms with E-state index in [0.717, 1.165) is 5.69 Å². The molecule has 0 atom stereocenters. The first kappa shape index (κ1) is 16.6. The lowest BCUT2D eigenvalue weighted by molar-refractivity contribution is 0.102. The summed E-state index contributed by atoms with van der Waals surface area (Å²) < 4.78 is 10.4. The predicted molar refractivity (Wildman–Crippen MR) is 94.7 cm³/mol. The van der Waals surface area contributed by atoms with E-state index in [4.69, 9.17) is 9.47 Å². The maximum Gasteiger partial charge on any atom is 0.321 e. The summed E-state index contributed by atoms with van der Waals surface area (Å²) in [6, 6.07) is 11.9. The first-order chi connectivity index (χ1) is 12.1. The van der Waals surface area contributed by atoms with Gasteiger partial charge in [-0.05, 0) is 24.3 Å². The van der Waals surface area contributed by atoms with Crippen molar-refractivity contribution in [1.29, 1.82) is 0 Å². The van der Waals surface area contributed by atoms with Gasteiger partial charge in [-0.3, -0.25) is 9.69 Å². The van der Waals surface area contributed by atoms with Gasteiger partial charge in [-0.15, -0.1) is 0 Å². The van der Waals surface area contributed by atoms with Gasteiger partial charge in [0.25, 0.3) is 5.91 Å². The van der Waals surface area contributed by atoms with E-state index in [9.17, 15) is 9.59 Å². The molecule has 0 spiro atoms. The van der Waals surface area contributed by atoms with Crippen molar-refractivity contribution in [2.45, 2.75) is 0 Å². The second-order valence-electron chi connectivity index (χ2n) is 5.49. The van der Waals surface area contributed by atoms with Crippen molar-refractivity contribution < 1.29 is 19.1 Å². The number of methoxy groups -OCH3 is 2. The van der Waals surface area contributed by atoms with Crippen molar-refractivity contribution in [1.82, 2.24) is 5.32 Å². The first-order valence-corrected chi connectivity index (χ1v) is 7.80. The van der Waals surface area contributed by atoms with Gasteiger partial charge in [0, 0.05) is 48.2 Å². The molecule has 0 bridgehead atoms. The number of nitrogens with zero attached hydrogens (tertiary/aromatic N) is 1. The maximum atomic E-state index is 12.4. The number of amides is 3. The Hall–Kier alpha value is -3.22. The summed E-state index contributed by atoms with van der Waals surface area (Å²) in [6.07, 6.45) is 0. The summed E-state index contributed by atoms with van der Waals surface area (Å²) in [4.78, 5) is 25.7. The second-order valence-corrected chi connectivity index (χ2v) is 5.49. The fourth-order valence-corrected chi connectivity index (χ4v) is 2.59. The predicted octanol–water partition coefficient (Wildman–Crippen LogP) is 2.49. The third kappa shape index (κ3) is 3.65. The number of benzene rings is 2. The Morgan fingerprint density at radius 2 is 1.72 bits per heavy atom. The molecule has 0 saturated carbocycles. The van der Waals surface area contributed by atoms with Gasteiger partial charge in [-0.25, -0.2) is 4.79 Å². The highest BCUT2D eigenvalue weighted by Crippen LogP contribution is 2.26. The molecule has 7 heteroatoms. The van der Waals surface area contributed by atoms with Crippen molar-refractivity contribution >= 4 is 23.3 Å². The van der Waals surface area contributed by atoms with Crippen LogP contribution in [0.15, 0.2) is 42.5 Å². The molecule has 2 aromatic rings. The summed E-state index contributed by atoms with van der Waals surface area (Å²) in [5.74, 6) is 0.919. The Balaban J connectivity index is 1.74. The highest BCUT2D eigenvalue weighted by atomic mass is 16.5. The molecule has 130 valence electrons. The van der Waals surface area contributed by atoms with Crippen LogP contribution in [0.5, 0.6) is 11.5 Å². The lowest BCUT2D eigenvalue weighted by Crippen LogP contribution is -2.27. The third-order valence-electron chi connectivity index (χ3n) is 3.91. The summed E-state index contributed by atoms with van der Waals surface area (Å²) in [5, 5.41) is 5.56. The topological polar surface area (TPSA) is 79.9 Å². The van der Waals surface area contributed by atoms with Crippen LogP contribution in [0.1, 0.15) is 10.4 Å². The Labute approximate surface area is 145 Å². The average Bonchev–Trinajstić information content (AvgIpc) is 3.07. The molecule has 0 aliphatic carbocycles. The van der Waals surface area contributed by atoms with Gasteiger partial charge in [0.1, 0.15) is 11.5 Å². The normalized spacial score (nSPS) is 13.4. The van der Waals surface area contributed by atoms with Crippen molar-refractivity contribution in [2.75, 3.05) is 37.5 Å². The summed E-state index contributed by atoms with van der Waals surface area (Å²) >= 11 is 0. The van der Waals surface area contributed by atoms with E-state index in [1.165, 1.54) is 0 Å². The molecule has 0 aromatic heterocycles. The number of anilines is 2. The van der Waals surface area contributed by atoms with Crippen molar-refractivity contribution in [3.8, 4) is 11.5 Å². The van der Waals surface area contributed by atoms with Crippen LogP contribution in [0, 0.1) is 0 Å². The van der Waals surface area contributed by atoms with E-state index >= 15 is 0 Å². The molecule has 1 heterocycles. The summed E-state index contributed by atoms with van der Waals surface area (Å²) in [7, 11) is 3.10. The molecule has 2 aromatic carbocycles. The van der Waals surface area contributed by atoms with Crippen LogP contribution in [0.2, 0.25) is 0 Å². The molecule has 3 rings (SSSR count). The van der Waals surface area contributed by atoms with Crippen molar-refractivity contribution in [2.24, 2.45) is 0 Å². The number of ether oxygens (including phenoxy) is 2. The fourth-order valence-electron chi connectivity index (χ4n) is 2.59. The van der Waals surface area contributed by atoms with Crippen LogP contribution in [-0.2, 0) is 0 Å². The Kier molecular flexibility index (Phi) is 4.74. The third-order valence-corrected chi connectivity index (χ3v) is 3.91. The average molecular weight is 341 g/mol. The fraction of sp³-hybridized carbons (Fsp3) is 0.222. The molecule has 25 heavy (non-hydrogen) atoms. The molecular formula is C18H19N3O4. The Bertz CT molecular complexity index is 767. The Morgan fingerprint density at radius 1 is 1.08 bits per heavy atom. The monoisotopic (exact) mass is 341 g/mol. The van der Waals surface area contributed by atoms with E-state index in [1.807, 2.05) is 0 Å².